The van der Waals surface area contributed by atoms with Crippen LogP contribution in [0.25, 0.3) is 5.13 Å². The molecule has 4 rings (SSSR count). The van der Waals surface area contributed by atoms with Crippen LogP contribution in [0.3, 0.4) is 0 Å². The van der Waals surface area contributed by atoms with Gasteiger partial charge >= 0.3 is 5.97 Å². The zero-order chi connectivity index (χ0) is 19.7. The second-order valence-electron chi connectivity index (χ2n) is 7.15. The second-order valence-corrected chi connectivity index (χ2v) is 8.03. The molecule has 0 fully saturated rings. The summed E-state index contributed by atoms with van der Waals surface area (Å²) < 4.78 is 7.21. The summed E-state index contributed by atoms with van der Waals surface area (Å²) in [6, 6.07) is 8.00. The SMILES string of the molecule is Cc1cc(C(=O)COC(=O)Cc2ccc3c(c2)CCC3)c(C)n1-c1nccs1. The summed E-state index contributed by atoms with van der Waals surface area (Å²) in [4.78, 5) is 29.1. The van der Waals surface area contributed by atoms with Crippen LogP contribution >= 0.6 is 11.3 Å². The number of Topliss-reactive ketones (excluding diaryl/α,β-unsaturated/α-hetero) is 1. The Morgan fingerprint density at radius 2 is 2.00 bits per heavy atom. The number of fused-ring (bicyclic) bond motifs is 1. The van der Waals surface area contributed by atoms with Gasteiger partial charge in [-0.2, -0.15) is 0 Å². The maximum atomic E-state index is 12.6. The summed E-state index contributed by atoms with van der Waals surface area (Å²) in [5, 5.41) is 2.72. The van der Waals surface area contributed by atoms with E-state index in [0.29, 0.717) is 5.56 Å². The molecule has 3 aromatic rings. The average Bonchev–Trinajstić information content (AvgIpc) is 3.40. The first-order valence-electron chi connectivity index (χ1n) is 9.41. The lowest BCUT2D eigenvalue weighted by Gasteiger charge is -2.07. The minimum Gasteiger partial charge on any atom is -0.457 e. The van der Waals surface area contributed by atoms with Crippen LogP contribution in [0.5, 0.6) is 0 Å². The van der Waals surface area contributed by atoms with Crippen molar-refractivity contribution in [3.05, 3.63) is 69.5 Å². The topological polar surface area (TPSA) is 61.2 Å². The molecule has 0 radical (unpaired) electrons. The van der Waals surface area contributed by atoms with E-state index in [1.807, 2.05) is 35.9 Å². The molecule has 0 atom stereocenters. The van der Waals surface area contributed by atoms with Crippen molar-refractivity contribution in [3.8, 4) is 5.13 Å². The van der Waals surface area contributed by atoms with Gasteiger partial charge in [-0.25, -0.2) is 4.98 Å². The predicted octanol–water partition coefficient (Wildman–Crippen LogP) is 4.01. The van der Waals surface area contributed by atoms with Crippen LogP contribution in [-0.2, 0) is 28.8 Å². The number of ketones is 1. The summed E-state index contributed by atoms with van der Waals surface area (Å²) in [6.45, 7) is 3.57. The maximum Gasteiger partial charge on any atom is 0.310 e. The maximum absolute atomic E-state index is 12.6. The van der Waals surface area contributed by atoms with E-state index in [2.05, 4.69) is 17.1 Å². The molecule has 0 N–H and O–H groups in total. The number of thiazole rings is 1. The van der Waals surface area contributed by atoms with Crippen molar-refractivity contribution in [2.45, 2.75) is 39.5 Å². The summed E-state index contributed by atoms with van der Waals surface area (Å²) in [6.07, 6.45) is 5.30. The molecule has 0 amide bonds. The molecule has 1 aromatic carbocycles. The molecular weight excluding hydrogens is 372 g/mol. The van der Waals surface area contributed by atoms with Gasteiger partial charge in [0.1, 0.15) is 0 Å². The van der Waals surface area contributed by atoms with Crippen LogP contribution in [0.1, 0.15) is 44.9 Å². The number of hydrogen-bond donors (Lipinski definition) is 0. The number of benzene rings is 1. The smallest absolute Gasteiger partial charge is 0.310 e. The van der Waals surface area contributed by atoms with Gasteiger partial charge in [0, 0.05) is 28.5 Å². The quantitative estimate of drug-likeness (QED) is 0.468. The van der Waals surface area contributed by atoms with E-state index >= 15 is 0 Å². The first-order chi connectivity index (χ1) is 13.5. The third-order valence-electron chi connectivity index (χ3n) is 5.22. The molecule has 28 heavy (non-hydrogen) atoms. The third kappa shape index (κ3) is 3.64. The standard InChI is InChI=1S/C22H22N2O3S/c1-14-10-19(15(2)24(14)22-23-8-9-28-22)20(25)13-27-21(26)12-16-6-7-17-4-3-5-18(17)11-16/h6-11H,3-5,12-13H2,1-2H3. The van der Waals surface area contributed by atoms with E-state index in [1.165, 1.54) is 28.9 Å². The first kappa shape index (κ1) is 18.6. The van der Waals surface area contributed by atoms with Gasteiger partial charge in [0.2, 0.25) is 5.78 Å². The Kier molecular flexibility index (Phi) is 5.13. The lowest BCUT2D eigenvalue weighted by molar-refractivity contribution is -0.141. The number of aryl methyl sites for hydroxylation is 3. The minimum atomic E-state index is -0.375. The minimum absolute atomic E-state index is 0.193. The molecule has 2 aromatic heterocycles. The Hall–Kier alpha value is -2.73. The van der Waals surface area contributed by atoms with Gasteiger partial charge < -0.3 is 4.74 Å². The van der Waals surface area contributed by atoms with Gasteiger partial charge in [-0.05, 0) is 55.9 Å². The Morgan fingerprint density at radius 3 is 2.79 bits per heavy atom. The van der Waals surface area contributed by atoms with Crippen molar-refractivity contribution in [2.24, 2.45) is 0 Å². The monoisotopic (exact) mass is 394 g/mol. The second kappa shape index (κ2) is 7.72. The van der Waals surface area contributed by atoms with Crippen molar-refractivity contribution in [1.29, 1.82) is 0 Å². The van der Waals surface area contributed by atoms with Crippen molar-refractivity contribution in [1.82, 2.24) is 9.55 Å². The lowest BCUT2D eigenvalue weighted by Crippen LogP contribution is -2.16. The van der Waals surface area contributed by atoms with Crippen molar-refractivity contribution in [2.75, 3.05) is 6.61 Å². The fourth-order valence-electron chi connectivity index (χ4n) is 3.84. The largest absolute Gasteiger partial charge is 0.457 e. The van der Waals surface area contributed by atoms with Crippen LogP contribution in [0.2, 0.25) is 0 Å². The van der Waals surface area contributed by atoms with E-state index in [1.54, 1.807) is 6.20 Å². The molecule has 5 nitrogen and oxygen atoms in total. The van der Waals surface area contributed by atoms with Gasteiger partial charge in [0.15, 0.2) is 11.7 Å². The highest BCUT2D eigenvalue weighted by Crippen LogP contribution is 2.24. The number of rotatable bonds is 6. The number of carbonyl (C=O) groups excluding carboxylic acids is 2. The Labute approximate surface area is 168 Å². The van der Waals surface area contributed by atoms with Gasteiger partial charge in [0.05, 0.1) is 6.42 Å². The highest BCUT2D eigenvalue weighted by Gasteiger charge is 2.19. The molecule has 0 spiro atoms. The average molecular weight is 394 g/mol. The number of carbonyl (C=O) groups is 2. The van der Waals surface area contributed by atoms with E-state index in [9.17, 15) is 9.59 Å². The Bertz CT molecular complexity index is 1030. The summed E-state index contributed by atoms with van der Waals surface area (Å²) in [7, 11) is 0. The van der Waals surface area contributed by atoms with Crippen LogP contribution in [0.15, 0.2) is 35.8 Å². The molecule has 0 saturated carbocycles. The van der Waals surface area contributed by atoms with E-state index in [4.69, 9.17) is 4.74 Å². The van der Waals surface area contributed by atoms with Crippen LogP contribution < -0.4 is 0 Å². The van der Waals surface area contributed by atoms with Crippen LogP contribution in [-0.4, -0.2) is 27.9 Å². The molecule has 1 aliphatic carbocycles. The zero-order valence-electron chi connectivity index (χ0n) is 16.0. The Balaban J connectivity index is 1.39. The number of nitrogens with zero attached hydrogens (tertiary/aromatic N) is 2. The fourth-order valence-corrected chi connectivity index (χ4v) is 4.59. The summed E-state index contributed by atoms with van der Waals surface area (Å²) in [5.41, 5.74) is 5.96. The molecule has 0 aliphatic heterocycles. The number of aromatic nitrogens is 2. The van der Waals surface area contributed by atoms with Gasteiger partial charge in [-0.15, -0.1) is 11.3 Å². The lowest BCUT2D eigenvalue weighted by atomic mass is 10.0. The molecule has 2 heterocycles. The molecule has 0 bridgehead atoms. The fraction of sp³-hybridized carbons (Fsp3) is 0.318. The van der Waals surface area contributed by atoms with Crippen LogP contribution in [0.4, 0.5) is 0 Å². The number of esters is 1. The molecule has 0 saturated heterocycles. The molecular formula is C22H22N2O3S. The molecule has 0 unspecified atom stereocenters. The number of ether oxygens (including phenoxy) is 1. The first-order valence-corrected chi connectivity index (χ1v) is 10.3. The van der Waals surface area contributed by atoms with Crippen molar-refractivity contribution in [3.63, 3.8) is 0 Å². The molecule has 6 heteroatoms. The summed E-state index contributed by atoms with van der Waals surface area (Å²) >= 11 is 1.51. The molecule has 1 aliphatic rings. The van der Waals surface area contributed by atoms with Gasteiger partial charge in [-0.1, -0.05) is 18.2 Å². The zero-order valence-corrected chi connectivity index (χ0v) is 16.8. The third-order valence-corrected chi connectivity index (χ3v) is 5.97. The summed E-state index contributed by atoms with van der Waals surface area (Å²) in [5.74, 6) is -0.571. The van der Waals surface area contributed by atoms with E-state index < -0.39 is 0 Å². The van der Waals surface area contributed by atoms with E-state index in [-0.39, 0.29) is 24.8 Å². The van der Waals surface area contributed by atoms with Crippen molar-refractivity contribution >= 4 is 23.1 Å². The molecule has 144 valence electrons. The predicted molar refractivity (Wildman–Crippen MR) is 108 cm³/mol. The van der Waals surface area contributed by atoms with Gasteiger partial charge in [-0.3, -0.25) is 14.2 Å². The van der Waals surface area contributed by atoms with E-state index in [0.717, 1.165) is 34.9 Å². The highest BCUT2D eigenvalue weighted by atomic mass is 32.1. The highest BCUT2D eigenvalue weighted by molar-refractivity contribution is 7.12. The van der Waals surface area contributed by atoms with Gasteiger partial charge in [0.25, 0.3) is 0 Å². The van der Waals surface area contributed by atoms with Crippen molar-refractivity contribution < 1.29 is 14.3 Å². The van der Waals surface area contributed by atoms with Crippen LogP contribution in [0, 0.1) is 13.8 Å². The normalized spacial score (nSPS) is 12.8. The number of hydrogen-bond acceptors (Lipinski definition) is 5. The Morgan fingerprint density at radius 1 is 1.18 bits per heavy atom.